The summed E-state index contributed by atoms with van der Waals surface area (Å²) >= 11 is 3.53. The molecule has 4 heteroatoms. The van der Waals surface area contributed by atoms with Crippen molar-refractivity contribution in [3.05, 3.63) is 34.9 Å². The van der Waals surface area contributed by atoms with E-state index in [1.165, 1.54) is 0 Å². The van der Waals surface area contributed by atoms with Crippen LogP contribution in [0.3, 0.4) is 0 Å². The Labute approximate surface area is 114 Å². The van der Waals surface area contributed by atoms with Gasteiger partial charge < -0.3 is 9.30 Å². The summed E-state index contributed by atoms with van der Waals surface area (Å²) in [6.07, 6.45) is 2.84. The third kappa shape index (κ3) is 2.10. The molecule has 0 radical (unpaired) electrons. The van der Waals surface area contributed by atoms with Crippen LogP contribution in [0.2, 0.25) is 0 Å². The molecule has 1 aliphatic heterocycles. The fraction of sp³-hybridized carbons (Fsp3) is 0.357. The van der Waals surface area contributed by atoms with Crippen molar-refractivity contribution in [3.63, 3.8) is 0 Å². The van der Waals surface area contributed by atoms with Crippen LogP contribution in [0.4, 0.5) is 0 Å². The van der Waals surface area contributed by atoms with E-state index in [9.17, 15) is 4.79 Å². The first kappa shape index (κ1) is 11.9. The van der Waals surface area contributed by atoms with Gasteiger partial charge in [0, 0.05) is 34.1 Å². The average Bonchev–Trinajstić information content (AvgIpc) is 3.00. The lowest BCUT2D eigenvalue weighted by atomic mass is 10.0. The first-order valence-corrected chi connectivity index (χ1v) is 6.89. The molecule has 18 heavy (non-hydrogen) atoms. The number of hydrogen-bond donors (Lipinski definition) is 0. The largest absolute Gasteiger partial charge is 0.381 e. The molecule has 1 saturated heterocycles. The molecule has 2 heterocycles. The molecule has 1 atom stereocenters. The van der Waals surface area contributed by atoms with Crippen molar-refractivity contribution >= 4 is 32.6 Å². The molecule has 1 aromatic carbocycles. The SMILES string of the molecule is O=C(Cn1cc(Br)c2ccccc21)C1CCOC1. The third-order valence-electron chi connectivity index (χ3n) is 3.45. The van der Waals surface area contributed by atoms with Crippen molar-refractivity contribution in [1.82, 2.24) is 4.57 Å². The van der Waals surface area contributed by atoms with Crippen molar-refractivity contribution < 1.29 is 9.53 Å². The van der Waals surface area contributed by atoms with Crippen LogP contribution in [-0.2, 0) is 16.1 Å². The molecule has 3 rings (SSSR count). The van der Waals surface area contributed by atoms with E-state index in [0.29, 0.717) is 19.8 Å². The van der Waals surface area contributed by atoms with Gasteiger partial charge in [-0.2, -0.15) is 0 Å². The molecule has 1 aromatic heterocycles. The van der Waals surface area contributed by atoms with E-state index >= 15 is 0 Å². The highest BCUT2D eigenvalue weighted by Gasteiger charge is 2.23. The molecule has 0 N–H and O–H groups in total. The van der Waals surface area contributed by atoms with Gasteiger partial charge in [-0.3, -0.25) is 4.79 Å². The Morgan fingerprint density at radius 2 is 2.28 bits per heavy atom. The average molecular weight is 308 g/mol. The van der Waals surface area contributed by atoms with Gasteiger partial charge in [0.25, 0.3) is 0 Å². The second kappa shape index (κ2) is 4.86. The molecule has 1 fully saturated rings. The number of benzene rings is 1. The third-order valence-corrected chi connectivity index (χ3v) is 4.08. The van der Waals surface area contributed by atoms with Crippen molar-refractivity contribution in [2.45, 2.75) is 13.0 Å². The number of nitrogens with zero attached hydrogens (tertiary/aromatic N) is 1. The van der Waals surface area contributed by atoms with Crippen LogP contribution in [0, 0.1) is 5.92 Å². The van der Waals surface area contributed by atoms with Crippen LogP contribution >= 0.6 is 15.9 Å². The van der Waals surface area contributed by atoms with E-state index in [-0.39, 0.29) is 11.7 Å². The summed E-state index contributed by atoms with van der Waals surface area (Å²) in [5.41, 5.74) is 1.09. The molecule has 2 aromatic rings. The van der Waals surface area contributed by atoms with Crippen molar-refractivity contribution in [2.75, 3.05) is 13.2 Å². The molecular weight excluding hydrogens is 294 g/mol. The van der Waals surface area contributed by atoms with Crippen molar-refractivity contribution in [1.29, 1.82) is 0 Å². The number of carbonyl (C=O) groups excluding carboxylic acids is 1. The van der Waals surface area contributed by atoms with Gasteiger partial charge in [0.1, 0.15) is 0 Å². The summed E-state index contributed by atoms with van der Waals surface area (Å²) in [5, 5.41) is 1.15. The Bertz CT molecular complexity index is 584. The van der Waals surface area contributed by atoms with Gasteiger partial charge in [-0.15, -0.1) is 0 Å². The topological polar surface area (TPSA) is 31.2 Å². The van der Waals surface area contributed by atoms with Gasteiger partial charge in [0.2, 0.25) is 0 Å². The summed E-state index contributed by atoms with van der Waals surface area (Å²) in [6.45, 7) is 1.73. The number of fused-ring (bicyclic) bond motifs is 1. The Morgan fingerprint density at radius 1 is 1.44 bits per heavy atom. The van der Waals surface area contributed by atoms with Crippen LogP contribution < -0.4 is 0 Å². The number of para-hydroxylation sites is 1. The number of hydrogen-bond acceptors (Lipinski definition) is 2. The van der Waals surface area contributed by atoms with Gasteiger partial charge in [0.15, 0.2) is 5.78 Å². The number of rotatable bonds is 3. The Morgan fingerprint density at radius 3 is 3.06 bits per heavy atom. The maximum atomic E-state index is 12.2. The summed E-state index contributed by atoms with van der Waals surface area (Å²) in [6, 6.07) is 8.09. The second-order valence-electron chi connectivity index (χ2n) is 4.65. The van der Waals surface area contributed by atoms with Crippen molar-refractivity contribution in [2.24, 2.45) is 5.92 Å². The van der Waals surface area contributed by atoms with Crippen LogP contribution in [0.5, 0.6) is 0 Å². The van der Waals surface area contributed by atoms with E-state index in [1.54, 1.807) is 0 Å². The van der Waals surface area contributed by atoms with Gasteiger partial charge in [-0.1, -0.05) is 18.2 Å². The smallest absolute Gasteiger partial charge is 0.157 e. The normalized spacial score (nSPS) is 19.5. The quantitative estimate of drug-likeness (QED) is 0.873. The van der Waals surface area contributed by atoms with Crippen molar-refractivity contribution in [3.8, 4) is 0 Å². The number of ketones is 1. The van der Waals surface area contributed by atoms with Crippen LogP contribution in [-0.4, -0.2) is 23.6 Å². The molecule has 0 saturated carbocycles. The number of Topliss-reactive ketones (excluding diaryl/α,β-unsaturated/α-hetero) is 1. The molecule has 1 unspecified atom stereocenters. The zero-order valence-corrected chi connectivity index (χ0v) is 11.5. The fourth-order valence-electron chi connectivity index (χ4n) is 2.42. The number of halogens is 1. The number of carbonyl (C=O) groups is 1. The molecule has 0 spiro atoms. The van der Waals surface area contributed by atoms with E-state index in [4.69, 9.17) is 4.74 Å². The Hall–Kier alpha value is -1.13. The Balaban J connectivity index is 1.88. The van der Waals surface area contributed by atoms with Gasteiger partial charge in [-0.05, 0) is 28.4 Å². The van der Waals surface area contributed by atoms with Gasteiger partial charge in [0.05, 0.1) is 13.2 Å². The molecule has 0 aliphatic carbocycles. The summed E-state index contributed by atoms with van der Waals surface area (Å²) in [5.74, 6) is 0.339. The van der Waals surface area contributed by atoms with Gasteiger partial charge in [-0.25, -0.2) is 0 Å². The zero-order chi connectivity index (χ0) is 12.5. The molecular formula is C14H14BrNO2. The lowest BCUT2D eigenvalue weighted by Crippen LogP contribution is -2.19. The fourth-order valence-corrected chi connectivity index (χ4v) is 3.00. The molecule has 3 nitrogen and oxygen atoms in total. The molecule has 94 valence electrons. The van der Waals surface area contributed by atoms with Crippen LogP contribution in [0.1, 0.15) is 6.42 Å². The molecule has 0 amide bonds. The highest BCUT2D eigenvalue weighted by molar-refractivity contribution is 9.10. The molecule has 0 bridgehead atoms. The second-order valence-corrected chi connectivity index (χ2v) is 5.50. The predicted octanol–water partition coefficient (Wildman–Crippen LogP) is 3.01. The Kier molecular flexibility index (Phi) is 3.22. The summed E-state index contributed by atoms with van der Waals surface area (Å²) in [7, 11) is 0. The lowest BCUT2D eigenvalue weighted by molar-refractivity contribution is -0.123. The van der Waals surface area contributed by atoms with E-state index in [2.05, 4.69) is 22.0 Å². The summed E-state index contributed by atoms with van der Waals surface area (Å²) < 4.78 is 8.32. The number of aromatic nitrogens is 1. The van der Waals surface area contributed by atoms with Gasteiger partial charge >= 0.3 is 0 Å². The molecule has 1 aliphatic rings. The predicted molar refractivity (Wildman–Crippen MR) is 73.6 cm³/mol. The highest BCUT2D eigenvalue weighted by Crippen LogP contribution is 2.26. The van der Waals surface area contributed by atoms with E-state index in [1.807, 2.05) is 29.0 Å². The lowest BCUT2D eigenvalue weighted by Gasteiger charge is -2.08. The maximum Gasteiger partial charge on any atom is 0.157 e. The number of ether oxygens (including phenoxy) is 1. The standard InChI is InChI=1S/C14H14BrNO2/c15-12-7-16(13-4-2-1-3-11(12)13)8-14(17)10-5-6-18-9-10/h1-4,7,10H,5-6,8-9H2. The monoisotopic (exact) mass is 307 g/mol. The minimum atomic E-state index is 0.0740. The van der Waals surface area contributed by atoms with Crippen LogP contribution in [0.25, 0.3) is 10.9 Å². The first-order valence-electron chi connectivity index (χ1n) is 6.09. The van der Waals surface area contributed by atoms with E-state index < -0.39 is 0 Å². The minimum Gasteiger partial charge on any atom is -0.381 e. The highest BCUT2D eigenvalue weighted by atomic mass is 79.9. The first-order chi connectivity index (χ1) is 8.75. The van der Waals surface area contributed by atoms with E-state index in [0.717, 1.165) is 21.8 Å². The minimum absolute atomic E-state index is 0.0740. The van der Waals surface area contributed by atoms with Crippen LogP contribution in [0.15, 0.2) is 34.9 Å². The zero-order valence-electron chi connectivity index (χ0n) is 9.93. The maximum absolute atomic E-state index is 12.2. The summed E-state index contributed by atoms with van der Waals surface area (Å²) in [4.78, 5) is 12.2.